The number of thiophene rings is 1. The maximum atomic E-state index is 13.6. The molecule has 2 unspecified atom stereocenters. The number of amides is 2. The fourth-order valence-corrected chi connectivity index (χ4v) is 5.55. The van der Waals surface area contributed by atoms with Crippen LogP contribution in [0.5, 0.6) is 11.5 Å². The van der Waals surface area contributed by atoms with Crippen LogP contribution in [0.1, 0.15) is 43.2 Å². The molecule has 1 aromatic heterocycles. The molecule has 7 nitrogen and oxygen atoms in total. The van der Waals surface area contributed by atoms with Crippen molar-refractivity contribution in [2.24, 2.45) is 5.92 Å². The number of ether oxygens (including phenoxy) is 3. The van der Waals surface area contributed by atoms with E-state index in [1.807, 2.05) is 43.0 Å². The highest BCUT2D eigenvalue weighted by Crippen LogP contribution is 2.34. The molecule has 184 valence electrons. The molecule has 0 spiro atoms. The molecular weight excluding hydrogens is 452 g/mol. The van der Waals surface area contributed by atoms with Gasteiger partial charge in [-0.15, -0.1) is 11.3 Å². The van der Waals surface area contributed by atoms with Crippen molar-refractivity contribution in [3.8, 4) is 11.5 Å². The molecule has 0 aliphatic carbocycles. The molecule has 1 saturated heterocycles. The number of rotatable bonds is 9. The molecule has 2 aliphatic heterocycles. The fourth-order valence-electron chi connectivity index (χ4n) is 4.63. The van der Waals surface area contributed by atoms with Gasteiger partial charge in [-0.2, -0.15) is 0 Å². The molecule has 2 atom stereocenters. The Balaban J connectivity index is 1.49. The van der Waals surface area contributed by atoms with Crippen molar-refractivity contribution in [3.05, 3.63) is 46.2 Å². The number of nitrogens with zero attached hydrogens (tertiary/aromatic N) is 2. The Morgan fingerprint density at radius 1 is 1.26 bits per heavy atom. The van der Waals surface area contributed by atoms with E-state index in [-0.39, 0.29) is 36.4 Å². The van der Waals surface area contributed by atoms with E-state index in [9.17, 15) is 9.59 Å². The summed E-state index contributed by atoms with van der Waals surface area (Å²) in [5.74, 6) is 1.18. The molecule has 1 fully saturated rings. The molecule has 2 amide bonds. The quantitative estimate of drug-likeness (QED) is 0.537. The van der Waals surface area contributed by atoms with Crippen LogP contribution >= 0.6 is 11.3 Å². The van der Waals surface area contributed by atoms with Crippen LogP contribution in [-0.2, 0) is 20.7 Å². The second-order valence-corrected chi connectivity index (χ2v) is 10.2. The molecule has 34 heavy (non-hydrogen) atoms. The van der Waals surface area contributed by atoms with E-state index in [2.05, 4.69) is 11.4 Å². The van der Waals surface area contributed by atoms with Crippen LogP contribution in [0.4, 0.5) is 0 Å². The minimum atomic E-state index is -0.201. The molecule has 2 aromatic rings. The van der Waals surface area contributed by atoms with Crippen molar-refractivity contribution in [1.82, 2.24) is 9.80 Å². The Hall–Kier alpha value is -2.58. The first-order valence-electron chi connectivity index (χ1n) is 12.0. The third-order valence-electron chi connectivity index (χ3n) is 6.44. The summed E-state index contributed by atoms with van der Waals surface area (Å²) >= 11 is 1.72. The smallest absolute Gasteiger partial charge is 0.242 e. The standard InChI is InChI=1S/C26H34N2O5S/c1-18(2)26(30)27(15-21-8-5-12-32-21)16-25(29)28-11-9-24-22(10-13-34-24)23(28)17-33-20-7-4-6-19(14-20)31-3/h4,6-7,10,13-14,18,21,23H,5,8-9,11-12,15-17H2,1-3H3. The van der Waals surface area contributed by atoms with Gasteiger partial charge in [0.25, 0.3) is 0 Å². The fraction of sp³-hybridized carbons (Fsp3) is 0.538. The van der Waals surface area contributed by atoms with Crippen LogP contribution in [0.15, 0.2) is 35.7 Å². The van der Waals surface area contributed by atoms with E-state index in [1.165, 1.54) is 4.88 Å². The minimum absolute atomic E-state index is 0.00697. The lowest BCUT2D eigenvalue weighted by Crippen LogP contribution is -2.50. The summed E-state index contributed by atoms with van der Waals surface area (Å²) in [6.45, 7) is 5.95. The van der Waals surface area contributed by atoms with Gasteiger partial charge in [0.15, 0.2) is 0 Å². The van der Waals surface area contributed by atoms with Crippen molar-refractivity contribution >= 4 is 23.2 Å². The number of carbonyl (C=O) groups is 2. The SMILES string of the molecule is COc1cccc(OCC2c3ccsc3CCN2C(=O)CN(CC2CCCO2)C(=O)C(C)C)c1. The molecule has 1 aromatic carbocycles. The van der Waals surface area contributed by atoms with Crippen molar-refractivity contribution in [3.63, 3.8) is 0 Å². The van der Waals surface area contributed by atoms with Gasteiger partial charge >= 0.3 is 0 Å². The third-order valence-corrected chi connectivity index (χ3v) is 7.44. The van der Waals surface area contributed by atoms with E-state index in [0.717, 1.165) is 37.2 Å². The van der Waals surface area contributed by atoms with Crippen LogP contribution in [0, 0.1) is 5.92 Å². The first-order valence-corrected chi connectivity index (χ1v) is 12.9. The van der Waals surface area contributed by atoms with Crippen molar-refractivity contribution < 1.29 is 23.8 Å². The number of benzene rings is 1. The van der Waals surface area contributed by atoms with E-state index < -0.39 is 0 Å². The topological polar surface area (TPSA) is 68.3 Å². The Morgan fingerprint density at radius 3 is 2.82 bits per heavy atom. The van der Waals surface area contributed by atoms with E-state index in [4.69, 9.17) is 14.2 Å². The molecule has 0 bridgehead atoms. The zero-order valence-electron chi connectivity index (χ0n) is 20.2. The maximum absolute atomic E-state index is 13.6. The van der Waals surface area contributed by atoms with Crippen molar-refractivity contribution in [2.75, 3.05) is 40.0 Å². The highest BCUT2D eigenvalue weighted by Gasteiger charge is 2.34. The monoisotopic (exact) mass is 486 g/mol. The summed E-state index contributed by atoms with van der Waals surface area (Å²) in [5.41, 5.74) is 1.13. The average Bonchev–Trinajstić information content (AvgIpc) is 3.53. The predicted octanol–water partition coefficient (Wildman–Crippen LogP) is 3.93. The Bertz CT molecular complexity index is 985. The van der Waals surface area contributed by atoms with E-state index >= 15 is 0 Å². The van der Waals surface area contributed by atoms with Crippen LogP contribution < -0.4 is 9.47 Å². The predicted molar refractivity (Wildman–Crippen MR) is 131 cm³/mol. The van der Waals surface area contributed by atoms with Gasteiger partial charge in [-0.25, -0.2) is 0 Å². The average molecular weight is 487 g/mol. The summed E-state index contributed by atoms with van der Waals surface area (Å²) in [7, 11) is 1.62. The highest BCUT2D eigenvalue weighted by molar-refractivity contribution is 7.10. The highest BCUT2D eigenvalue weighted by atomic mass is 32.1. The number of carbonyl (C=O) groups excluding carboxylic acids is 2. The van der Waals surface area contributed by atoms with Gasteiger partial charge < -0.3 is 24.0 Å². The zero-order valence-corrected chi connectivity index (χ0v) is 21.0. The summed E-state index contributed by atoms with van der Waals surface area (Å²) in [5, 5.41) is 2.07. The summed E-state index contributed by atoms with van der Waals surface area (Å²) in [6, 6.07) is 9.36. The largest absolute Gasteiger partial charge is 0.497 e. The van der Waals surface area contributed by atoms with Crippen LogP contribution in [-0.4, -0.2) is 67.7 Å². The molecular formula is C26H34N2O5S. The summed E-state index contributed by atoms with van der Waals surface area (Å²) < 4.78 is 17.2. The van der Waals surface area contributed by atoms with E-state index in [1.54, 1.807) is 23.3 Å². The first kappa shape index (κ1) is 24.5. The van der Waals surface area contributed by atoms with Crippen LogP contribution in [0.2, 0.25) is 0 Å². The molecule has 3 heterocycles. The Labute approximate surface area is 205 Å². The lowest BCUT2D eigenvalue weighted by atomic mass is 10.00. The van der Waals surface area contributed by atoms with Gasteiger partial charge in [0, 0.05) is 36.6 Å². The lowest BCUT2D eigenvalue weighted by Gasteiger charge is -2.37. The van der Waals surface area contributed by atoms with Crippen LogP contribution in [0.25, 0.3) is 0 Å². The van der Waals surface area contributed by atoms with Gasteiger partial charge in [-0.1, -0.05) is 19.9 Å². The van der Waals surface area contributed by atoms with Gasteiger partial charge in [-0.3, -0.25) is 9.59 Å². The van der Waals surface area contributed by atoms with Crippen LogP contribution in [0.3, 0.4) is 0 Å². The van der Waals surface area contributed by atoms with Crippen molar-refractivity contribution in [2.45, 2.75) is 45.3 Å². The van der Waals surface area contributed by atoms with Gasteiger partial charge in [0.1, 0.15) is 18.1 Å². The number of fused-ring (bicyclic) bond motifs is 1. The number of hydrogen-bond donors (Lipinski definition) is 0. The number of hydrogen-bond acceptors (Lipinski definition) is 6. The lowest BCUT2D eigenvalue weighted by molar-refractivity contribution is -0.145. The molecule has 0 saturated carbocycles. The molecule has 0 N–H and O–H groups in total. The van der Waals surface area contributed by atoms with Gasteiger partial charge in [0.05, 0.1) is 25.8 Å². The minimum Gasteiger partial charge on any atom is -0.497 e. The second-order valence-electron chi connectivity index (χ2n) is 9.15. The van der Waals surface area contributed by atoms with Gasteiger partial charge in [-0.05, 0) is 48.4 Å². The molecule has 0 radical (unpaired) electrons. The van der Waals surface area contributed by atoms with Crippen molar-refractivity contribution in [1.29, 1.82) is 0 Å². The summed E-state index contributed by atoms with van der Waals surface area (Å²) in [4.78, 5) is 31.4. The summed E-state index contributed by atoms with van der Waals surface area (Å²) in [6.07, 6.45) is 2.75. The van der Waals surface area contributed by atoms with E-state index in [0.29, 0.717) is 25.4 Å². The van der Waals surface area contributed by atoms with Gasteiger partial charge in [0.2, 0.25) is 11.8 Å². The molecule has 8 heteroatoms. The third kappa shape index (κ3) is 5.73. The number of methoxy groups -OCH3 is 1. The normalized spacial score (nSPS) is 19.7. The molecule has 4 rings (SSSR count). The Morgan fingerprint density at radius 2 is 2.09 bits per heavy atom. The molecule has 2 aliphatic rings. The first-order chi connectivity index (χ1) is 16.5. The zero-order chi connectivity index (χ0) is 24.1. The second kappa shape index (κ2) is 11.2. The maximum Gasteiger partial charge on any atom is 0.242 e. The Kier molecular flexibility index (Phi) is 8.11.